The van der Waals surface area contributed by atoms with E-state index in [1.807, 2.05) is 0 Å². The number of alkyl halides is 3. The second-order valence-corrected chi connectivity index (χ2v) is 8.79. The van der Waals surface area contributed by atoms with Gasteiger partial charge in [-0.05, 0) is 22.9 Å². The maximum atomic E-state index is 15.4. The first-order chi connectivity index (χ1) is 19.9. The number of fused-ring (bicyclic) bond motifs is 2. The normalized spacial score (nSPS) is 12.2. The fourth-order valence-electron chi connectivity index (χ4n) is 4.72. The summed E-state index contributed by atoms with van der Waals surface area (Å²) >= 11 is 0. The molecule has 0 aliphatic carbocycles. The topological polar surface area (TPSA) is 0 Å². The molecule has 5 aromatic rings. The Morgan fingerprint density at radius 2 is 0.791 bits per heavy atom. The van der Waals surface area contributed by atoms with Crippen LogP contribution >= 0.6 is 0 Å². The van der Waals surface area contributed by atoms with Gasteiger partial charge in [-0.1, -0.05) is 6.07 Å². The van der Waals surface area contributed by atoms with Crippen LogP contribution in [0.4, 0.5) is 70.2 Å². The smallest absolute Gasteiger partial charge is 0.207 e. The molecule has 0 aromatic heterocycles. The van der Waals surface area contributed by atoms with Crippen molar-refractivity contribution in [2.24, 2.45) is 0 Å². The molecule has 43 heavy (non-hydrogen) atoms. The maximum Gasteiger partial charge on any atom is 0.422 e. The van der Waals surface area contributed by atoms with Gasteiger partial charge in [0, 0.05) is 28.0 Å². The van der Waals surface area contributed by atoms with E-state index in [1.54, 1.807) is 0 Å². The van der Waals surface area contributed by atoms with E-state index in [4.69, 9.17) is 0 Å². The van der Waals surface area contributed by atoms with Crippen molar-refractivity contribution in [2.75, 3.05) is 0 Å². The van der Waals surface area contributed by atoms with Gasteiger partial charge in [0.1, 0.15) is 11.4 Å². The summed E-state index contributed by atoms with van der Waals surface area (Å²) in [5, 5.41) is -6.58. The monoisotopic (exact) mass is 632 g/mol. The zero-order chi connectivity index (χ0) is 32.0. The SMILES string of the molecule is Fc1ccc2c(-c3c(F)c(F)c(C(F)(F)F)c(F)c3F)c3c(F)c(F)c(F)c(F)c3c(-c3c(F)c(F)cc(F)c3F)c2c1. The fraction of sp³-hybridized carbons (Fsp3) is 0.0370. The molecule has 0 spiro atoms. The minimum atomic E-state index is -6.09. The van der Waals surface area contributed by atoms with Crippen LogP contribution in [-0.4, -0.2) is 0 Å². The largest absolute Gasteiger partial charge is 0.422 e. The van der Waals surface area contributed by atoms with E-state index in [1.165, 1.54) is 0 Å². The second kappa shape index (κ2) is 9.77. The minimum absolute atomic E-state index is 0.0977. The van der Waals surface area contributed by atoms with Gasteiger partial charge in [-0.2, -0.15) is 13.2 Å². The predicted molar refractivity (Wildman–Crippen MR) is 117 cm³/mol. The Labute approximate surface area is 226 Å². The number of benzene rings is 5. The summed E-state index contributed by atoms with van der Waals surface area (Å²) in [5.74, 6) is -34.0. The number of hydrogen-bond acceptors (Lipinski definition) is 0. The molecule has 0 amide bonds. The molecular formula is C27H4F16. The fourth-order valence-corrected chi connectivity index (χ4v) is 4.72. The van der Waals surface area contributed by atoms with Crippen molar-refractivity contribution < 1.29 is 70.2 Å². The summed E-state index contributed by atoms with van der Waals surface area (Å²) in [6.07, 6.45) is -6.09. The van der Waals surface area contributed by atoms with Gasteiger partial charge in [-0.15, -0.1) is 0 Å². The lowest BCUT2D eigenvalue weighted by Crippen LogP contribution is -2.16. The molecule has 0 saturated heterocycles. The third kappa shape index (κ3) is 4.17. The molecule has 5 rings (SSSR count). The highest BCUT2D eigenvalue weighted by atomic mass is 19.4. The molecule has 0 aliphatic heterocycles. The van der Waals surface area contributed by atoms with E-state index in [2.05, 4.69) is 0 Å². The molecule has 0 radical (unpaired) electrons. The van der Waals surface area contributed by atoms with Gasteiger partial charge in [0.05, 0.1) is 11.1 Å². The molecule has 0 fully saturated rings. The lowest BCUT2D eigenvalue weighted by molar-refractivity contribution is -0.143. The highest BCUT2D eigenvalue weighted by molar-refractivity contribution is 6.22. The molecule has 0 N–H and O–H groups in total. The molecule has 5 aromatic carbocycles. The molecule has 0 atom stereocenters. The van der Waals surface area contributed by atoms with Gasteiger partial charge in [0.2, 0.25) is 0 Å². The maximum absolute atomic E-state index is 15.4. The Hall–Kier alpha value is -4.50. The van der Waals surface area contributed by atoms with Crippen molar-refractivity contribution in [1.82, 2.24) is 0 Å². The van der Waals surface area contributed by atoms with Gasteiger partial charge >= 0.3 is 6.18 Å². The Morgan fingerprint density at radius 3 is 1.23 bits per heavy atom. The molecule has 0 saturated carbocycles. The number of rotatable bonds is 2. The first-order valence-corrected chi connectivity index (χ1v) is 11.1. The van der Waals surface area contributed by atoms with Crippen molar-refractivity contribution in [1.29, 1.82) is 0 Å². The summed E-state index contributed by atoms with van der Waals surface area (Å²) in [6.45, 7) is 0. The lowest BCUT2D eigenvalue weighted by Gasteiger charge is -2.21. The first-order valence-electron chi connectivity index (χ1n) is 11.1. The van der Waals surface area contributed by atoms with Gasteiger partial charge in [0.15, 0.2) is 69.8 Å². The molecule has 0 unspecified atom stereocenters. The zero-order valence-corrected chi connectivity index (χ0v) is 19.9. The van der Waals surface area contributed by atoms with E-state index >= 15 is 17.6 Å². The Balaban J connectivity index is 2.21. The number of hydrogen-bond donors (Lipinski definition) is 0. The lowest BCUT2D eigenvalue weighted by atomic mass is 9.84. The summed E-state index contributed by atoms with van der Waals surface area (Å²) in [6, 6.07) is 0.351. The van der Waals surface area contributed by atoms with Crippen molar-refractivity contribution in [3.05, 3.63) is 105 Å². The van der Waals surface area contributed by atoms with Crippen LogP contribution in [0.5, 0.6) is 0 Å². The Morgan fingerprint density at radius 1 is 0.372 bits per heavy atom. The van der Waals surface area contributed by atoms with Crippen LogP contribution in [0.2, 0.25) is 0 Å². The average molecular weight is 632 g/mol. The highest BCUT2D eigenvalue weighted by Gasteiger charge is 2.43. The van der Waals surface area contributed by atoms with Gasteiger partial charge in [-0.25, -0.2) is 57.1 Å². The van der Waals surface area contributed by atoms with Crippen molar-refractivity contribution in [3.8, 4) is 22.3 Å². The average Bonchev–Trinajstić information content (AvgIpc) is 2.92. The van der Waals surface area contributed by atoms with Crippen LogP contribution in [0.15, 0.2) is 24.3 Å². The molecule has 0 aliphatic rings. The van der Waals surface area contributed by atoms with Crippen LogP contribution in [-0.2, 0) is 6.18 Å². The highest BCUT2D eigenvalue weighted by Crippen LogP contribution is 2.50. The van der Waals surface area contributed by atoms with E-state index in [9.17, 15) is 52.7 Å². The summed E-state index contributed by atoms with van der Waals surface area (Å²) in [5.41, 5.74) is -11.0. The van der Waals surface area contributed by atoms with Gasteiger partial charge in [0.25, 0.3) is 0 Å². The van der Waals surface area contributed by atoms with Crippen LogP contribution in [0.3, 0.4) is 0 Å². The molecule has 0 nitrogen and oxygen atoms in total. The third-order valence-corrected chi connectivity index (χ3v) is 6.45. The molecule has 0 heterocycles. The molecule has 16 heteroatoms. The zero-order valence-electron chi connectivity index (χ0n) is 19.9. The predicted octanol–water partition coefficient (Wildman–Crippen LogP) is 10.2. The first kappa shape index (κ1) is 30.0. The van der Waals surface area contributed by atoms with Crippen molar-refractivity contribution in [2.45, 2.75) is 6.18 Å². The quantitative estimate of drug-likeness (QED) is 0.0787. The van der Waals surface area contributed by atoms with Crippen molar-refractivity contribution in [3.63, 3.8) is 0 Å². The van der Waals surface area contributed by atoms with Crippen molar-refractivity contribution >= 4 is 21.5 Å². The van der Waals surface area contributed by atoms with Crippen LogP contribution in [0.25, 0.3) is 43.8 Å². The Kier molecular flexibility index (Phi) is 6.81. The van der Waals surface area contributed by atoms with Gasteiger partial charge < -0.3 is 0 Å². The van der Waals surface area contributed by atoms with E-state index in [0.29, 0.717) is 12.1 Å². The van der Waals surface area contributed by atoms with E-state index < -0.39 is 131 Å². The van der Waals surface area contributed by atoms with E-state index in [-0.39, 0.29) is 12.1 Å². The summed E-state index contributed by atoms with van der Waals surface area (Å²) in [4.78, 5) is 0. The van der Waals surface area contributed by atoms with Crippen LogP contribution < -0.4 is 0 Å². The second-order valence-electron chi connectivity index (χ2n) is 8.79. The standard InChI is InChI=1S/C27H4F16/c28-5-1-2-6-7(3-5)11(14-17(31)8(29)4-9(30)18(14)32)13-12(19(33)25(39)26(40)20(13)34)10(6)15-21(35)23(37)16(27(41,42)43)24(38)22(15)36/h1-4H. The molecular weight excluding hydrogens is 628 g/mol. The van der Waals surface area contributed by atoms with E-state index in [0.717, 1.165) is 0 Å². The summed E-state index contributed by atoms with van der Waals surface area (Å²) < 4.78 is 231. The summed E-state index contributed by atoms with van der Waals surface area (Å²) in [7, 11) is 0. The van der Waals surface area contributed by atoms with Gasteiger partial charge in [-0.3, -0.25) is 0 Å². The molecule has 224 valence electrons. The number of halogens is 16. The minimum Gasteiger partial charge on any atom is -0.207 e. The Bertz CT molecular complexity index is 1990. The van der Waals surface area contributed by atoms with Crippen LogP contribution in [0.1, 0.15) is 5.56 Å². The van der Waals surface area contributed by atoms with Crippen LogP contribution in [0, 0.1) is 75.6 Å². The molecule has 0 bridgehead atoms. The third-order valence-electron chi connectivity index (χ3n) is 6.45.